The number of nitrogens with one attached hydrogen (secondary N) is 1. The zero-order chi connectivity index (χ0) is 15.0. The number of hydrogen-bond acceptors (Lipinski definition) is 4. The number of hydrogen-bond donors (Lipinski definition) is 1. The van der Waals surface area contributed by atoms with Gasteiger partial charge in [-0.15, -0.1) is 0 Å². The van der Waals surface area contributed by atoms with Gasteiger partial charge in [0.15, 0.2) is 6.61 Å². The van der Waals surface area contributed by atoms with Gasteiger partial charge in [0, 0.05) is 6.04 Å². The molecule has 0 aliphatic rings. The molecule has 5 heteroatoms. The Hall–Kier alpha value is -1.26. The number of carbonyl (C=O) groups is 1. The molecule has 0 saturated carbocycles. The van der Waals surface area contributed by atoms with Crippen molar-refractivity contribution in [1.82, 2.24) is 5.32 Å². The van der Waals surface area contributed by atoms with E-state index in [1.54, 1.807) is 6.07 Å². The first-order valence-electron chi connectivity index (χ1n) is 6.83. The number of rotatable bonds is 8. The molecule has 112 valence electrons. The van der Waals surface area contributed by atoms with Gasteiger partial charge in [-0.25, -0.2) is 4.79 Å². The van der Waals surface area contributed by atoms with Crippen LogP contribution in [0.25, 0.3) is 0 Å². The molecular formula is C15H22ClNO3. The number of ether oxygens (including phenoxy) is 2. The summed E-state index contributed by atoms with van der Waals surface area (Å²) in [5, 5.41) is 3.62. The minimum Gasteiger partial charge on any atom is -0.480 e. The van der Waals surface area contributed by atoms with Gasteiger partial charge >= 0.3 is 5.97 Å². The van der Waals surface area contributed by atoms with Crippen LogP contribution in [0.4, 0.5) is 0 Å². The maximum atomic E-state index is 11.4. The van der Waals surface area contributed by atoms with Crippen molar-refractivity contribution in [3.8, 4) is 5.75 Å². The highest BCUT2D eigenvalue weighted by Crippen LogP contribution is 2.27. The molecule has 1 rings (SSSR count). The monoisotopic (exact) mass is 299 g/mol. The molecule has 0 heterocycles. The molecule has 0 fully saturated rings. The van der Waals surface area contributed by atoms with Crippen LogP contribution in [-0.2, 0) is 9.53 Å². The topological polar surface area (TPSA) is 47.6 Å². The average molecular weight is 300 g/mol. The van der Waals surface area contributed by atoms with E-state index in [1.807, 2.05) is 33.0 Å². The van der Waals surface area contributed by atoms with Gasteiger partial charge in [0.25, 0.3) is 0 Å². The van der Waals surface area contributed by atoms with Crippen LogP contribution >= 0.6 is 11.6 Å². The summed E-state index contributed by atoms with van der Waals surface area (Å²) < 4.78 is 10.4. The predicted octanol–water partition coefficient (Wildman–Crippen LogP) is 3.34. The summed E-state index contributed by atoms with van der Waals surface area (Å²) in [5.74, 6) is 0.119. The third-order valence-corrected chi connectivity index (χ3v) is 3.29. The van der Waals surface area contributed by atoms with Crippen LogP contribution in [0.5, 0.6) is 5.75 Å². The van der Waals surface area contributed by atoms with Crippen LogP contribution in [0.2, 0.25) is 5.02 Å². The van der Waals surface area contributed by atoms with Gasteiger partial charge in [-0.3, -0.25) is 0 Å². The first-order chi connectivity index (χ1) is 9.58. The van der Waals surface area contributed by atoms with E-state index in [4.69, 9.17) is 21.1 Å². The summed E-state index contributed by atoms with van der Waals surface area (Å²) in [4.78, 5) is 11.4. The SMILES string of the molecule is CCCCOC(=O)COc1ccc(C(C)NC)cc1Cl. The van der Waals surface area contributed by atoms with E-state index in [2.05, 4.69) is 5.32 Å². The lowest BCUT2D eigenvalue weighted by Crippen LogP contribution is -2.16. The molecule has 0 aliphatic heterocycles. The van der Waals surface area contributed by atoms with Gasteiger partial charge in [-0.2, -0.15) is 0 Å². The fraction of sp³-hybridized carbons (Fsp3) is 0.533. The Morgan fingerprint density at radius 1 is 1.45 bits per heavy atom. The van der Waals surface area contributed by atoms with Crippen LogP contribution in [0, 0.1) is 0 Å². The van der Waals surface area contributed by atoms with Gasteiger partial charge in [0.1, 0.15) is 5.75 Å². The maximum Gasteiger partial charge on any atom is 0.344 e. The smallest absolute Gasteiger partial charge is 0.344 e. The second-order valence-corrected chi connectivity index (χ2v) is 4.97. The average Bonchev–Trinajstić information content (AvgIpc) is 2.45. The van der Waals surface area contributed by atoms with Gasteiger partial charge in [-0.05, 0) is 38.1 Å². The molecule has 0 radical (unpaired) electrons. The van der Waals surface area contributed by atoms with Crippen LogP contribution in [-0.4, -0.2) is 26.2 Å². The van der Waals surface area contributed by atoms with Gasteiger partial charge in [0.2, 0.25) is 0 Å². The first kappa shape index (κ1) is 16.8. The highest BCUT2D eigenvalue weighted by atomic mass is 35.5. The molecule has 0 bridgehead atoms. The Morgan fingerprint density at radius 3 is 2.80 bits per heavy atom. The van der Waals surface area contributed by atoms with Crippen molar-refractivity contribution in [2.24, 2.45) is 0 Å². The van der Waals surface area contributed by atoms with Gasteiger partial charge < -0.3 is 14.8 Å². The zero-order valence-corrected chi connectivity index (χ0v) is 13.0. The summed E-state index contributed by atoms with van der Waals surface area (Å²) in [5.41, 5.74) is 1.07. The molecule has 0 spiro atoms. The first-order valence-corrected chi connectivity index (χ1v) is 7.21. The summed E-state index contributed by atoms with van der Waals surface area (Å²) in [6, 6.07) is 5.73. The Balaban J connectivity index is 2.50. The third kappa shape index (κ3) is 5.39. The molecule has 1 aromatic carbocycles. The molecule has 1 unspecified atom stereocenters. The van der Waals surface area contributed by atoms with E-state index in [-0.39, 0.29) is 18.6 Å². The van der Waals surface area contributed by atoms with Crippen molar-refractivity contribution in [3.63, 3.8) is 0 Å². The molecule has 20 heavy (non-hydrogen) atoms. The second-order valence-electron chi connectivity index (χ2n) is 4.56. The van der Waals surface area contributed by atoms with E-state index < -0.39 is 0 Å². The van der Waals surface area contributed by atoms with E-state index in [1.165, 1.54) is 0 Å². The lowest BCUT2D eigenvalue weighted by atomic mass is 10.1. The molecule has 1 N–H and O–H groups in total. The molecule has 0 amide bonds. The summed E-state index contributed by atoms with van der Waals surface area (Å²) in [6.45, 7) is 4.39. The molecule has 0 aromatic heterocycles. The van der Waals surface area contributed by atoms with Crippen LogP contribution in [0.15, 0.2) is 18.2 Å². The van der Waals surface area contributed by atoms with Crippen molar-refractivity contribution < 1.29 is 14.3 Å². The van der Waals surface area contributed by atoms with Gasteiger partial charge in [0.05, 0.1) is 11.6 Å². The number of carbonyl (C=O) groups excluding carboxylic acids is 1. The molecule has 4 nitrogen and oxygen atoms in total. The second kappa shape index (κ2) is 8.82. The van der Waals surface area contributed by atoms with Gasteiger partial charge in [-0.1, -0.05) is 31.0 Å². The van der Waals surface area contributed by atoms with E-state index >= 15 is 0 Å². The summed E-state index contributed by atoms with van der Waals surface area (Å²) in [6.07, 6.45) is 1.86. The Labute approximate surface area is 125 Å². The lowest BCUT2D eigenvalue weighted by molar-refractivity contribution is -0.146. The predicted molar refractivity (Wildman–Crippen MR) is 80.3 cm³/mol. The normalized spacial score (nSPS) is 12.0. The minimum absolute atomic E-state index is 0.121. The van der Waals surface area contributed by atoms with Crippen molar-refractivity contribution in [2.45, 2.75) is 32.7 Å². The van der Waals surface area contributed by atoms with Crippen molar-refractivity contribution in [1.29, 1.82) is 0 Å². The Bertz CT molecular complexity index is 437. The number of esters is 1. The van der Waals surface area contributed by atoms with E-state index in [9.17, 15) is 4.79 Å². The highest BCUT2D eigenvalue weighted by molar-refractivity contribution is 6.32. The van der Waals surface area contributed by atoms with Crippen LogP contribution in [0.1, 0.15) is 38.3 Å². The Kier molecular flexibility index (Phi) is 7.41. The van der Waals surface area contributed by atoms with Crippen molar-refractivity contribution in [2.75, 3.05) is 20.3 Å². The summed E-state index contributed by atoms with van der Waals surface area (Å²) in [7, 11) is 1.88. The van der Waals surface area contributed by atoms with E-state index in [0.29, 0.717) is 17.4 Å². The lowest BCUT2D eigenvalue weighted by Gasteiger charge is -2.13. The molecular weight excluding hydrogens is 278 g/mol. The zero-order valence-electron chi connectivity index (χ0n) is 12.2. The molecule has 1 aromatic rings. The van der Waals surface area contributed by atoms with Crippen LogP contribution < -0.4 is 10.1 Å². The maximum absolute atomic E-state index is 11.4. The van der Waals surface area contributed by atoms with Crippen LogP contribution in [0.3, 0.4) is 0 Å². The largest absolute Gasteiger partial charge is 0.480 e. The summed E-state index contributed by atoms with van der Waals surface area (Å²) >= 11 is 6.14. The molecule has 0 aliphatic carbocycles. The fourth-order valence-corrected chi connectivity index (χ4v) is 1.82. The number of benzene rings is 1. The van der Waals surface area contributed by atoms with Crippen molar-refractivity contribution >= 4 is 17.6 Å². The Morgan fingerprint density at radius 2 is 2.20 bits per heavy atom. The van der Waals surface area contributed by atoms with E-state index in [0.717, 1.165) is 18.4 Å². The fourth-order valence-electron chi connectivity index (χ4n) is 1.58. The number of unbranched alkanes of at least 4 members (excludes halogenated alkanes) is 1. The quantitative estimate of drug-likeness (QED) is 0.591. The molecule has 1 atom stereocenters. The standard InChI is InChI=1S/C15H22ClNO3/c1-4-5-8-19-15(18)10-20-14-7-6-12(9-13(14)16)11(2)17-3/h6-7,9,11,17H,4-5,8,10H2,1-3H3. The minimum atomic E-state index is -0.373. The highest BCUT2D eigenvalue weighted by Gasteiger charge is 2.09. The number of halogens is 1. The third-order valence-electron chi connectivity index (χ3n) is 3.00. The molecule has 0 saturated heterocycles. The van der Waals surface area contributed by atoms with Crippen molar-refractivity contribution in [3.05, 3.63) is 28.8 Å².